The highest BCUT2D eigenvalue weighted by Crippen LogP contribution is 2.42. The highest BCUT2D eigenvalue weighted by molar-refractivity contribution is 7.14. The summed E-state index contributed by atoms with van der Waals surface area (Å²) in [6.07, 6.45) is 2.60. The average Bonchev–Trinajstić information content (AvgIpc) is 3.37. The Morgan fingerprint density at radius 3 is 2.43 bits per heavy atom. The molecule has 28 heavy (non-hydrogen) atoms. The summed E-state index contributed by atoms with van der Waals surface area (Å²) in [5.41, 5.74) is 0.313. The molecule has 148 valence electrons. The van der Waals surface area contributed by atoms with Gasteiger partial charge in [-0.25, -0.2) is 0 Å². The van der Waals surface area contributed by atoms with E-state index in [9.17, 15) is 14.4 Å². The van der Waals surface area contributed by atoms with Crippen molar-refractivity contribution in [1.29, 1.82) is 0 Å². The molecule has 1 amide bonds. The van der Waals surface area contributed by atoms with Crippen LogP contribution in [0.25, 0.3) is 0 Å². The van der Waals surface area contributed by atoms with Gasteiger partial charge in [0.05, 0.1) is 16.8 Å². The predicted octanol–water partition coefficient (Wildman–Crippen LogP) is 4.01. The molecule has 1 saturated carbocycles. The molecule has 0 spiro atoms. The van der Waals surface area contributed by atoms with Crippen LogP contribution in [0.4, 0.5) is 0 Å². The molecule has 0 aliphatic heterocycles. The topological polar surface area (TPSA) is 72.5 Å². The van der Waals surface area contributed by atoms with Crippen LogP contribution < -0.4 is 5.32 Å². The molecule has 0 bridgehead atoms. The van der Waals surface area contributed by atoms with E-state index in [4.69, 9.17) is 4.74 Å². The fourth-order valence-corrected chi connectivity index (χ4v) is 4.66. The molecular weight excluding hydrogens is 374 g/mol. The van der Waals surface area contributed by atoms with Gasteiger partial charge in [0.15, 0.2) is 6.10 Å². The standard InChI is InChI=1S/C22H25NO4S/c1-15(20(25)19-11-10-18(28-19)14-23-16(2)24)27-21(26)22(12-6-7-13-22)17-8-4-3-5-9-17/h3-5,8-11,15H,6-7,12-14H2,1-2H3,(H,23,24)/t15-/m1/s1. The van der Waals surface area contributed by atoms with E-state index in [2.05, 4.69) is 5.32 Å². The summed E-state index contributed by atoms with van der Waals surface area (Å²) in [6.45, 7) is 3.46. The fraction of sp³-hybridized carbons (Fsp3) is 0.409. The van der Waals surface area contributed by atoms with Crippen LogP contribution in [0.3, 0.4) is 0 Å². The second kappa shape index (κ2) is 8.69. The summed E-state index contributed by atoms with van der Waals surface area (Å²) in [6, 6.07) is 13.2. The van der Waals surface area contributed by atoms with Gasteiger partial charge in [-0.2, -0.15) is 0 Å². The number of carbonyl (C=O) groups is 3. The summed E-state index contributed by atoms with van der Waals surface area (Å²) < 4.78 is 5.66. The molecule has 0 saturated heterocycles. The number of amides is 1. The number of hydrogen-bond acceptors (Lipinski definition) is 5. The normalized spacial score (nSPS) is 16.4. The van der Waals surface area contributed by atoms with Crippen molar-refractivity contribution in [3.8, 4) is 0 Å². The Morgan fingerprint density at radius 1 is 1.11 bits per heavy atom. The van der Waals surface area contributed by atoms with Crippen molar-refractivity contribution < 1.29 is 19.1 Å². The third kappa shape index (κ3) is 4.33. The molecule has 0 unspecified atom stereocenters. The molecule has 1 aliphatic carbocycles. The van der Waals surface area contributed by atoms with Crippen molar-refractivity contribution in [3.63, 3.8) is 0 Å². The van der Waals surface area contributed by atoms with Crippen LogP contribution in [0.5, 0.6) is 0 Å². The lowest BCUT2D eigenvalue weighted by molar-refractivity contribution is -0.153. The lowest BCUT2D eigenvalue weighted by Crippen LogP contribution is -2.38. The molecular formula is C22H25NO4S. The van der Waals surface area contributed by atoms with Crippen LogP contribution >= 0.6 is 11.3 Å². The summed E-state index contributed by atoms with van der Waals surface area (Å²) in [4.78, 5) is 38.3. The van der Waals surface area contributed by atoms with Crippen molar-refractivity contribution in [3.05, 3.63) is 57.8 Å². The first-order valence-corrected chi connectivity index (χ1v) is 10.4. The van der Waals surface area contributed by atoms with Gasteiger partial charge < -0.3 is 10.1 Å². The molecule has 6 heteroatoms. The van der Waals surface area contributed by atoms with Crippen LogP contribution in [0, 0.1) is 0 Å². The summed E-state index contributed by atoms with van der Waals surface area (Å²) in [5, 5.41) is 2.71. The summed E-state index contributed by atoms with van der Waals surface area (Å²) in [7, 11) is 0. The maximum absolute atomic E-state index is 13.1. The molecule has 1 atom stereocenters. The number of Topliss-reactive ketones (excluding diaryl/α,β-unsaturated/α-hetero) is 1. The molecule has 1 aromatic heterocycles. The number of benzene rings is 1. The Kier molecular flexibility index (Phi) is 6.29. The lowest BCUT2D eigenvalue weighted by atomic mass is 9.79. The van der Waals surface area contributed by atoms with Crippen molar-refractivity contribution in [1.82, 2.24) is 5.32 Å². The van der Waals surface area contributed by atoms with E-state index in [0.717, 1.165) is 36.1 Å². The molecule has 2 aromatic rings. The molecule has 1 aliphatic rings. The molecule has 3 rings (SSSR count). The maximum Gasteiger partial charge on any atom is 0.317 e. The third-order valence-corrected chi connectivity index (χ3v) is 6.34. The monoisotopic (exact) mass is 399 g/mol. The van der Waals surface area contributed by atoms with Crippen molar-refractivity contribution >= 4 is 29.0 Å². The van der Waals surface area contributed by atoms with Gasteiger partial charge in [0.2, 0.25) is 11.7 Å². The van der Waals surface area contributed by atoms with Gasteiger partial charge in [0, 0.05) is 11.8 Å². The number of ketones is 1. The summed E-state index contributed by atoms with van der Waals surface area (Å²) in [5.74, 6) is -0.646. The van der Waals surface area contributed by atoms with Gasteiger partial charge in [-0.1, -0.05) is 43.2 Å². The Hall–Kier alpha value is -2.47. The number of thiophene rings is 1. The summed E-state index contributed by atoms with van der Waals surface area (Å²) >= 11 is 1.31. The Morgan fingerprint density at radius 2 is 1.79 bits per heavy atom. The minimum absolute atomic E-state index is 0.119. The molecule has 5 nitrogen and oxygen atoms in total. The first kappa shape index (κ1) is 20.3. The van der Waals surface area contributed by atoms with E-state index < -0.39 is 11.5 Å². The second-order valence-corrected chi connectivity index (χ2v) is 8.41. The molecule has 1 heterocycles. The zero-order valence-corrected chi connectivity index (χ0v) is 17.0. The minimum Gasteiger partial charge on any atom is -0.454 e. The van der Waals surface area contributed by atoms with Crippen molar-refractivity contribution in [2.45, 2.75) is 57.6 Å². The second-order valence-electron chi connectivity index (χ2n) is 7.24. The SMILES string of the molecule is CC(=O)NCc1ccc(C(=O)[C@@H](C)OC(=O)C2(c3ccccc3)CCCC2)s1. The molecule has 1 N–H and O–H groups in total. The van der Waals surface area contributed by atoms with Crippen molar-refractivity contribution in [2.24, 2.45) is 0 Å². The van der Waals surface area contributed by atoms with Gasteiger partial charge in [-0.3, -0.25) is 14.4 Å². The quantitative estimate of drug-likeness (QED) is 0.564. The van der Waals surface area contributed by atoms with Gasteiger partial charge in [-0.15, -0.1) is 11.3 Å². The van der Waals surface area contributed by atoms with Gasteiger partial charge in [-0.05, 0) is 37.5 Å². The zero-order valence-electron chi connectivity index (χ0n) is 16.2. The first-order chi connectivity index (χ1) is 13.4. The number of rotatable bonds is 7. The van der Waals surface area contributed by atoms with Crippen LogP contribution in [0.2, 0.25) is 0 Å². The van der Waals surface area contributed by atoms with Crippen LogP contribution in [0.15, 0.2) is 42.5 Å². The van der Waals surface area contributed by atoms with E-state index in [1.165, 1.54) is 18.3 Å². The molecule has 1 aromatic carbocycles. The van der Waals surface area contributed by atoms with Gasteiger partial charge in [0.1, 0.15) is 0 Å². The first-order valence-electron chi connectivity index (χ1n) is 9.56. The van der Waals surface area contributed by atoms with Crippen LogP contribution in [0.1, 0.15) is 59.6 Å². The lowest BCUT2D eigenvalue weighted by Gasteiger charge is -2.28. The van der Waals surface area contributed by atoms with Crippen LogP contribution in [-0.4, -0.2) is 23.8 Å². The number of esters is 1. The van der Waals surface area contributed by atoms with E-state index >= 15 is 0 Å². The van der Waals surface area contributed by atoms with E-state index in [1.54, 1.807) is 13.0 Å². The Bertz CT molecular complexity index is 852. The highest BCUT2D eigenvalue weighted by Gasteiger charge is 2.45. The number of ether oxygens (including phenoxy) is 1. The number of carbonyl (C=O) groups excluding carboxylic acids is 3. The fourth-order valence-electron chi connectivity index (χ4n) is 3.69. The Labute approximate surface area is 169 Å². The predicted molar refractivity (Wildman–Crippen MR) is 108 cm³/mol. The maximum atomic E-state index is 13.1. The number of hydrogen-bond donors (Lipinski definition) is 1. The van der Waals surface area contributed by atoms with Crippen LogP contribution in [-0.2, 0) is 26.3 Å². The highest BCUT2D eigenvalue weighted by atomic mass is 32.1. The largest absolute Gasteiger partial charge is 0.454 e. The van der Waals surface area contributed by atoms with E-state index in [-0.39, 0.29) is 17.7 Å². The van der Waals surface area contributed by atoms with Crippen molar-refractivity contribution in [2.75, 3.05) is 0 Å². The smallest absolute Gasteiger partial charge is 0.317 e. The van der Waals surface area contributed by atoms with E-state index in [1.807, 2.05) is 36.4 Å². The number of nitrogens with one attached hydrogen (secondary N) is 1. The Balaban J connectivity index is 1.69. The molecule has 1 fully saturated rings. The van der Waals surface area contributed by atoms with E-state index in [0.29, 0.717) is 11.4 Å². The molecule has 0 radical (unpaired) electrons. The zero-order chi connectivity index (χ0) is 20.1. The van der Waals surface area contributed by atoms with Gasteiger partial charge in [0.25, 0.3) is 0 Å². The minimum atomic E-state index is -0.846. The third-order valence-electron chi connectivity index (χ3n) is 5.24. The van der Waals surface area contributed by atoms with Gasteiger partial charge >= 0.3 is 5.97 Å². The average molecular weight is 400 g/mol.